The second-order valence-corrected chi connectivity index (χ2v) is 6.57. The number of rotatable bonds is 5. The summed E-state index contributed by atoms with van der Waals surface area (Å²) in [5.41, 5.74) is -0.0398. The maximum Gasteiger partial charge on any atom is 0.266 e. The molecule has 6 heteroatoms. The van der Waals surface area contributed by atoms with E-state index in [-0.39, 0.29) is 5.56 Å². The summed E-state index contributed by atoms with van der Waals surface area (Å²) < 4.78 is 1.56. The molecule has 0 spiro atoms. The number of hydrogen-bond acceptors (Lipinski definition) is 4. The zero-order valence-electron chi connectivity index (χ0n) is 13.7. The van der Waals surface area contributed by atoms with Crippen LogP contribution in [0.2, 0.25) is 0 Å². The quantitative estimate of drug-likeness (QED) is 0.816. The fourth-order valence-electron chi connectivity index (χ4n) is 3.64. The SMILES string of the molecule is O=C1CCCCCN1CCN1CCCC1Cn1ncccc1=O. The van der Waals surface area contributed by atoms with Gasteiger partial charge in [-0.3, -0.25) is 14.5 Å². The minimum atomic E-state index is -0.0398. The molecule has 0 aliphatic carbocycles. The van der Waals surface area contributed by atoms with E-state index in [1.807, 2.05) is 4.90 Å². The second kappa shape index (κ2) is 7.73. The summed E-state index contributed by atoms with van der Waals surface area (Å²) in [5.74, 6) is 0.305. The Hall–Kier alpha value is -1.69. The first-order chi connectivity index (χ1) is 11.2. The Morgan fingerprint density at radius 2 is 2.00 bits per heavy atom. The van der Waals surface area contributed by atoms with E-state index in [2.05, 4.69) is 10.00 Å². The fourth-order valence-corrected chi connectivity index (χ4v) is 3.64. The molecular weight excluding hydrogens is 292 g/mol. The van der Waals surface area contributed by atoms with Crippen LogP contribution < -0.4 is 5.56 Å². The van der Waals surface area contributed by atoms with Crippen LogP contribution in [0.25, 0.3) is 0 Å². The Morgan fingerprint density at radius 3 is 2.87 bits per heavy atom. The summed E-state index contributed by atoms with van der Waals surface area (Å²) in [5, 5.41) is 4.16. The van der Waals surface area contributed by atoms with Gasteiger partial charge in [0.15, 0.2) is 0 Å². The molecule has 6 nitrogen and oxygen atoms in total. The van der Waals surface area contributed by atoms with Crippen molar-refractivity contribution in [1.82, 2.24) is 19.6 Å². The summed E-state index contributed by atoms with van der Waals surface area (Å²) in [6.07, 6.45) is 7.93. The van der Waals surface area contributed by atoms with Gasteiger partial charge in [-0.1, -0.05) is 6.42 Å². The summed E-state index contributed by atoms with van der Waals surface area (Å²) in [7, 11) is 0. The molecule has 3 heterocycles. The van der Waals surface area contributed by atoms with Crippen LogP contribution in [0.15, 0.2) is 23.1 Å². The highest BCUT2D eigenvalue weighted by Gasteiger charge is 2.26. The Kier molecular flexibility index (Phi) is 5.43. The van der Waals surface area contributed by atoms with E-state index in [4.69, 9.17) is 0 Å². The van der Waals surface area contributed by atoms with Gasteiger partial charge in [0.2, 0.25) is 5.91 Å². The van der Waals surface area contributed by atoms with Gasteiger partial charge in [0.05, 0.1) is 6.54 Å². The van der Waals surface area contributed by atoms with Gasteiger partial charge in [-0.05, 0) is 38.3 Å². The predicted molar refractivity (Wildman–Crippen MR) is 88.1 cm³/mol. The van der Waals surface area contributed by atoms with Crippen molar-refractivity contribution in [1.29, 1.82) is 0 Å². The van der Waals surface area contributed by atoms with Crippen LogP contribution in [-0.4, -0.2) is 57.7 Å². The molecule has 2 saturated heterocycles. The normalized spacial score (nSPS) is 23.2. The first-order valence-corrected chi connectivity index (χ1v) is 8.78. The van der Waals surface area contributed by atoms with Gasteiger partial charge in [-0.25, -0.2) is 4.68 Å². The summed E-state index contributed by atoms with van der Waals surface area (Å²) in [6.45, 7) is 4.31. The number of carbonyl (C=O) groups excluding carboxylic acids is 1. The Labute approximate surface area is 137 Å². The molecule has 2 fully saturated rings. The van der Waals surface area contributed by atoms with Gasteiger partial charge in [0.1, 0.15) is 0 Å². The Bertz CT molecular complexity index is 586. The molecule has 1 aromatic rings. The number of nitrogens with zero attached hydrogens (tertiary/aromatic N) is 4. The topological polar surface area (TPSA) is 58.4 Å². The summed E-state index contributed by atoms with van der Waals surface area (Å²) >= 11 is 0. The van der Waals surface area contributed by atoms with Crippen molar-refractivity contribution in [3.8, 4) is 0 Å². The van der Waals surface area contributed by atoms with Crippen molar-refractivity contribution in [3.63, 3.8) is 0 Å². The second-order valence-electron chi connectivity index (χ2n) is 6.57. The van der Waals surface area contributed by atoms with Gasteiger partial charge in [-0.2, -0.15) is 5.10 Å². The van der Waals surface area contributed by atoms with Gasteiger partial charge in [0.25, 0.3) is 5.56 Å². The summed E-state index contributed by atoms with van der Waals surface area (Å²) in [6, 6.07) is 3.59. The average Bonchev–Trinajstić information content (AvgIpc) is 2.88. The highest BCUT2D eigenvalue weighted by atomic mass is 16.2. The summed E-state index contributed by atoms with van der Waals surface area (Å²) in [4.78, 5) is 28.4. The number of likely N-dealkylation sites (tertiary alicyclic amines) is 2. The van der Waals surface area contributed by atoms with E-state index in [0.717, 1.165) is 58.3 Å². The highest BCUT2D eigenvalue weighted by molar-refractivity contribution is 5.76. The standard InChI is InChI=1S/C17H26N4O2/c22-16-7-2-1-3-10-20(16)13-12-19-11-5-6-15(19)14-21-17(23)8-4-9-18-21/h4,8-9,15H,1-3,5-7,10-14H2. The maximum atomic E-state index is 12.1. The number of aromatic nitrogens is 2. The lowest BCUT2D eigenvalue weighted by atomic mass is 10.2. The zero-order valence-corrected chi connectivity index (χ0v) is 13.7. The molecule has 126 valence electrons. The largest absolute Gasteiger partial charge is 0.341 e. The molecule has 0 saturated carbocycles. The lowest BCUT2D eigenvalue weighted by molar-refractivity contribution is -0.130. The highest BCUT2D eigenvalue weighted by Crippen LogP contribution is 2.18. The molecule has 1 atom stereocenters. The van der Waals surface area contributed by atoms with E-state index in [1.54, 1.807) is 23.0 Å². The molecule has 1 unspecified atom stereocenters. The van der Waals surface area contributed by atoms with E-state index in [1.165, 1.54) is 0 Å². The Morgan fingerprint density at radius 1 is 1.09 bits per heavy atom. The maximum absolute atomic E-state index is 12.1. The van der Waals surface area contributed by atoms with E-state index in [9.17, 15) is 9.59 Å². The monoisotopic (exact) mass is 318 g/mol. The number of hydrogen-bond donors (Lipinski definition) is 0. The van der Waals surface area contributed by atoms with Crippen molar-refractivity contribution in [3.05, 3.63) is 28.7 Å². The van der Waals surface area contributed by atoms with Gasteiger partial charge >= 0.3 is 0 Å². The molecule has 3 rings (SSSR count). The average molecular weight is 318 g/mol. The minimum absolute atomic E-state index is 0.0398. The van der Waals surface area contributed by atoms with Crippen LogP contribution >= 0.6 is 0 Å². The van der Waals surface area contributed by atoms with Crippen molar-refractivity contribution in [2.45, 2.75) is 51.1 Å². The van der Waals surface area contributed by atoms with Crippen LogP contribution in [0.5, 0.6) is 0 Å². The molecule has 0 N–H and O–H groups in total. The molecule has 23 heavy (non-hydrogen) atoms. The van der Waals surface area contributed by atoms with Crippen LogP contribution in [-0.2, 0) is 11.3 Å². The first-order valence-electron chi connectivity index (χ1n) is 8.78. The molecular formula is C17H26N4O2. The Balaban J connectivity index is 1.55. The minimum Gasteiger partial charge on any atom is -0.341 e. The third-order valence-electron chi connectivity index (χ3n) is 5.00. The molecule has 0 bridgehead atoms. The van der Waals surface area contributed by atoms with Crippen LogP contribution in [0, 0.1) is 0 Å². The molecule has 2 aliphatic heterocycles. The van der Waals surface area contributed by atoms with Crippen molar-refractivity contribution in [2.75, 3.05) is 26.2 Å². The van der Waals surface area contributed by atoms with Crippen molar-refractivity contribution in [2.24, 2.45) is 0 Å². The fraction of sp³-hybridized carbons (Fsp3) is 0.706. The third kappa shape index (κ3) is 4.19. The van der Waals surface area contributed by atoms with E-state index >= 15 is 0 Å². The third-order valence-corrected chi connectivity index (χ3v) is 5.00. The molecule has 2 aliphatic rings. The van der Waals surface area contributed by atoms with Gasteiger partial charge < -0.3 is 4.90 Å². The lowest BCUT2D eigenvalue weighted by Gasteiger charge is -2.28. The van der Waals surface area contributed by atoms with Crippen LogP contribution in [0.4, 0.5) is 0 Å². The molecule has 0 aromatic carbocycles. The number of carbonyl (C=O) groups is 1. The van der Waals surface area contributed by atoms with Crippen LogP contribution in [0.1, 0.15) is 38.5 Å². The van der Waals surface area contributed by atoms with Crippen molar-refractivity contribution < 1.29 is 4.79 Å². The molecule has 1 amide bonds. The predicted octanol–water partition coefficient (Wildman–Crippen LogP) is 1.11. The van der Waals surface area contributed by atoms with E-state index < -0.39 is 0 Å². The first kappa shape index (κ1) is 16.2. The number of amides is 1. The van der Waals surface area contributed by atoms with Gasteiger partial charge in [-0.15, -0.1) is 0 Å². The van der Waals surface area contributed by atoms with Crippen LogP contribution in [0.3, 0.4) is 0 Å². The zero-order chi connectivity index (χ0) is 16.1. The van der Waals surface area contributed by atoms with Crippen molar-refractivity contribution >= 4 is 5.91 Å². The molecule has 0 radical (unpaired) electrons. The van der Waals surface area contributed by atoms with Gasteiger partial charge in [0, 0.05) is 44.4 Å². The smallest absolute Gasteiger partial charge is 0.266 e. The molecule has 1 aromatic heterocycles. The lowest BCUT2D eigenvalue weighted by Crippen LogP contribution is -2.42. The van der Waals surface area contributed by atoms with E-state index in [0.29, 0.717) is 24.9 Å².